The van der Waals surface area contributed by atoms with E-state index in [0.29, 0.717) is 30.5 Å². The highest BCUT2D eigenvalue weighted by atomic mass is 32.2. The molecule has 4 rings (SSSR count). The number of hydrogen-bond acceptors (Lipinski definition) is 6. The Morgan fingerprint density at radius 3 is 2.42 bits per heavy atom. The summed E-state index contributed by atoms with van der Waals surface area (Å²) in [5, 5.41) is 2.98. The average Bonchev–Trinajstić information content (AvgIpc) is 2.84. The summed E-state index contributed by atoms with van der Waals surface area (Å²) in [7, 11) is -3.47. The molecule has 0 aliphatic carbocycles. The monoisotopic (exact) mass is 443 g/mol. The second-order valence-corrected chi connectivity index (χ2v) is 10.1. The van der Waals surface area contributed by atoms with Crippen LogP contribution in [-0.4, -0.2) is 54.8 Å². The van der Waals surface area contributed by atoms with E-state index in [4.69, 9.17) is 0 Å². The van der Waals surface area contributed by atoms with Gasteiger partial charge in [0.15, 0.2) is 0 Å². The number of piperidine rings is 2. The normalized spacial score (nSPS) is 18.6. The van der Waals surface area contributed by atoms with E-state index in [9.17, 15) is 13.2 Å². The largest absolute Gasteiger partial charge is 0.352 e. The van der Waals surface area contributed by atoms with Gasteiger partial charge in [-0.2, -0.15) is 4.31 Å². The standard InChI is InChI=1S/C22H29N5O3S/c28-21(19-8-14-26(15-9-19)22-23-10-5-11-24-22)25-17-18-6-4-7-20(16-18)31(29,30)27-12-2-1-3-13-27/h4-7,10-11,16,19H,1-3,8-9,12-15,17H2,(H,25,28). The molecule has 1 amide bonds. The van der Waals surface area contributed by atoms with Crippen LogP contribution in [0, 0.1) is 5.92 Å². The van der Waals surface area contributed by atoms with E-state index in [1.165, 1.54) is 0 Å². The topological polar surface area (TPSA) is 95.5 Å². The number of hydrogen-bond donors (Lipinski definition) is 1. The first-order chi connectivity index (χ1) is 15.0. The maximum Gasteiger partial charge on any atom is 0.243 e. The van der Waals surface area contributed by atoms with E-state index in [1.54, 1.807) is 41.0 Å². The predicted octanol–water partition coefficient (Wildman–Crippen LogP) is 2.18. The van der Waals surface area contributed by atoms with Crippen molar-refractivity contribution in [3.05, 3.63) is 48.3 Å². The Labute approximate surface area is 183 Å². The minimum atomic E-state index is -3.47. The number of carbonyl (C=O) groups is 1. The molecular weight excluding hydrogens is 414 g/mol. The second kappa shape index (κ2) is 9.74. The molecule has 8 nitrogen and oxygen atoms in total. The first kappa shape index (κ1) is 21.7. The van der Waals surface area contributed by atoms with Crippen LogP contribution < -0.4 is 10.2 Å². The fraction of sp³-hybridized carbons (Fsp3) is 0.500. The molecule has 9 heteroatoms. The molecule has 0 bridgehead atoms. The van der Waals surface area contributed by atoms with Gasteiger partial charge in [0, 0.05) is 51.0 Å². The Hall–Kier alpha value is -2.52. The zero-order valence-electron chi connectivity index (χ0n) is 17.6. The van der Waals surface area contributed by atoms with Crippen LogP contribution >= 0.6 is 0 Å². The highest BCUT2D eigenvalue weighted by molar-refractivity contribution is 7.89. The number of rotatable bonds is 6. The first-order valence-electron chi connectivity index (χ1n) is 10.9. The Kier molecular flexibility index (Phi) is 6.82. The molecule has 0 atom stereocenters. The molecule has 1 aromatic carbocycles. The lowest BCUT2D eigenvalue weighted by Gasteiger charge is -2.31. The third-order valence-corrected chi connectivity index (χ3v) is 7.91. The van der Waals surface area contributed by atoms with Crippen molar-refractivity contribution < 1.29 is 13.2 Å². The van der Waals surface area contributed by atoms with E-state index in [2.05, 4.69) is 20.2 Å². The SMILES string of the molecule is O=C(NCc1cccc(S(=O)(=O)N2CCCCC2)c1)C1CCN(c2ncccn2)CC1. The molecular formula is C22H29N5O3S. The summed E-state index contributed by atoms with van der Waals surface area (Å²) in [5.41, 5.74) is 0.793. The van der Waals surface area contributed by atoms with Crippen molar-refractivity contribution >= 4 is 21.9 Å². The molecule has 3 heterocycles. The molecule has 2 aromatic rings. The van der Waals surface area contributed by atoms with E-state index in [-0.39, 0.29) is 11.8 Å². The molecule has 0 unspecified atom stereocenters. The quantitative estimate of drug-likeness (QED) is 0.735. The van der Waals surface area contributed by atoms with Crippen LogP contribution in [0.1, 0.15) is 37.7 Å². The lowest BCUT2D eigenvalue weighted by Crippen LogP contribution is -2.41. The summed E-state index contributed by atoms with van der Waals surface area (Å²) >= 11 is 0. The van der Waals surface area contributed by atoms with Crippen LogP contribution in [0.2, 0.25) is 0 Å². The predicted molar refractivity (Wildman–Crippen MR) is 118 cm³/mol. The van der Waals surface area contributed by atoms with Gasteiger partial charge in [-0.05, 0) is 49.4 Å². The zero-order valence-corrected chi connectivity index (χ0v) is 18.4. The molecule has 2 saturated heterocycles. The van der Waals surface area contributed by atoms with Gasteiger partial charge < -0.3 is 10.2 Å². The van der Waals surface area contributed by atoms with Crippen LogP contribution in [0.5, 0.6) is 0 Å². The fourth-order valence-electron chi connectivity index (χ4n) is 4.20. The van der Waals surface area contributed by atoms with Crippen molar-refractivity contribution in [2.45, 2.75) is 43.5 Å². The van der Waals surface area contributed by atoms with Crippen molar-refractivity contribution in [1.82, 2.24) is 19.6 Å². The highest BCUT2D eigenvalue weighted by Gasteiger charge is 2.27. The molecule has 0 radical (unpaired) electrons. The summed E-state index contributed by atoms with van der Waals surface area (Å²) in [4.78, 5) is 23.6. The van der Waals surface area contributed by atoms with Crippen LogP contribution in [0.25, 0.3) is 0 Å². The van der Waals surface area contributed by atoms with Gasteiger partial charge >= 0.3 is 0 Å². The second-order valence-electron chi connectivity index (χ2n) is 8.14. The van der Waals surface area contributed by atoms with Gasteiger partial charge in [0.2, 0.25) is 21.9 Å². The number of nitrogens with zero attached hydrogens (tertiary/aromatic N) is 4. The number of carbonyl (C=O) groups excluding carboxylic acids is 1. The van der Waals surface area contributed by atoms with E-state index in [0.717, 1.165) is 50.8 Å². The van der Waals surface area contributed by atoms with Crippen molar-refractivity contribution in [2.24, 2.45) is 5.92 Å². The summed E-state index contributed by atoms with van der Waals surface area (Å²) in [6.45, 7) is 2.97. The van der Waals surface area contributed by atoms with Crippen molar-refractivity contribution in [3.8, 4) is 0 Å². The fourth-order valence-corrected chi connectivity index (χ4v) is 5.79. The third-order valence-electron chi connectivity index (χ3n) is 6.02. The van der Waals surface area contributed by atoms with Gasteiger partial charge in [-0.15, -0.1) is 0 Å². The van der Waals surface area contributed by atoms with Crippen LogP contribution in [-0.2, 0) is 21.4 Å². The Balaban J connectivity index is 1.31. The number of anilines is 1. The Morgan fingerprint density at radius 2 is 1.71 bits per heavy atom. The van der Waals surface area contributed by atoms with Gasteiger partial charge in [0.05, 0.1) is 4.90 Å². The molecule has 166 valence electrons. The van der Waals surface area contributed by atoms with Gasteiger partial charge in [-0.1, -0.05) is 18.6 Å². The lowest BCUT2D eigenvalue weighted by atomic mass is 9.96. The van der Waals surface area contributed by atoms with Crippen molar-refractivity contribution in [3.63, 3.8) is 0 Å². The molecule has 31 heavy (non-hydrogen) atoms. The summed E-state index contributed by atoms with van der Waals surface area (Å²) < 4.78 is 27.4. The van der Waals surface area contributed by atoms with Gasteiger partial charge in [-0.25, -0.2) is 18.4 Å². The molecule has 1 aromatic heterocycles. The molecule has 2 fully saturated rings. The molecule has 2 aliphatic heterocycles. The van der Waals surface area contributed by atoms with Gasteiger partial charge in [0.25, 0.3) is 0 Å². The van der Waals surface area contributed by atoms with Crippen LogP contribution in [0.3, 0.4) is 0 Å². The van der Waals surface area contributed by atoms with Crippen molar-refractivity contribution in [1.29, 1.82) is 0 Å². The number of benzene rings is 1. The average molecular weight is 444 g/mol. The minimum Gasteiger partial charge on any atom is -0.352 e. The minimum absolute atomic E-state index is 0.0120. The number of nitrogens with one attached hydrogen (secondary N) is 1. The summed E-state index contributed by atoms with van der Waals surface area (Å²) in [6, 6.07) is 8.70. The number of aromatic nitrogens is 2. The van der Waals surface area contributed by atoms with Gasteiger partial charge in [0.1, 0.15) is 0 Å². The Bertz CT molecular complexity index is 985. The summed E-state index contributed by atoms with van der Waals surface area (Å²) in [5.74, 6) is 0.659. The van der Waals surface area contributed by atoms with Crippen LogP contribution in [0.15, 0.2) is 47.6 Å². The molecule has 2 aliphatic rings. The first-order valence-corrected chi connectivity index (χ1v) is 12.4. The zero-order chi connectivity index (χ0) is 21.7. The summed E-state index contributed by atoms with van der Waals surface area (Å²) in [6.07, 6.45) is 7.83. The highest BCUT2D eigenvalue weighted by Crippen LogP contribution is 2.22. The molecule has 0 spiro atoms. The lowest BCUT2D eigenvalue weighted by molar-refractivity contribution is -0.125. The number of sulfonamides is 1. The number of amides is 1. The van der Waals surface area contributed by atoms with E-state index < -0.39 is 10.0 Å². The molecule has 1 N–H and O–H groups in total. The maximum atomic E-state index is 12.9. The van der Waals surface area contributed by atoms with Gasteiger partial charge in [-0.3, -0.25) is 4.79 Å². The molecule has 0 saturated carbocycles. The van der Waals surface area contributed by atoms with E-state index >= 15 is 0 Å². The maximum absolute atomic E-state index is 12.9. The third kappa shape index (κ3) is 5.22. The smallest absolute Gasteiger partial charge is 0.243 e. The van der Waals surface area contributed by atoms with Crippen LogP contribution in [0.4, 0.5) is 5.95 Å². The van der Waals surface area contributed by atoms with Crippen molar-refractivity contribution in [2.75, 3.05) is 31.1 Å². The van der Waals surface area contributed by atoms with E-state index in [1.807, 2.05) is 6.07 Å². The Morgan fingerprint density at radius 1 is 1.00 bits per heavy atom.